The lowest BCUT2D eigenvalue weighted by Crippen LogP contribution is -2.32. The molecule has 0 spiro atoms. The molecule has 2 rings (SSSR count). The second-order valence-corrected chi connectivity index (χ2v) is 6.09. The molecule has 0 aliphatic heterocycles. The molecule has 18 heavy (non-hydrogen) atoms. The normalized spacial score (nSPS) is 27.9. The summed E-state index contributed by atoms with van der Waals surface area (Å²) in [6.45, 7) is 4.75. The highest BCUT2D eigenvalue weighted by Gasteiger charge is 2.24. The Morgan fingerprint density at radius 3 is 2.28 bits per heavy atom. The van der Waals surface area contributed by atoms with Gasteiger partial charge in [0, 0.05) is 31.5 Å². The third-order valence-corrected chi connectivity index (χ3v) is 4.17. The molecule has 100 valence electrons. The van der Waals surface area contributed by atoms with Crippen LogP contribution in [-0.4, -0.2) is 20.1 Å². The van der Waals surface area contributed by atoms with Gasteiger partial charge in [-0.25, -0.2) is 0 Å². The molecule has 0 saturated heterocycles. The zero-order chi connectivity index (χ0) is 13.1. The number of nitrogens with one attached hydrogen (secondary N) is 1. The molecule has 1 N–H and O–H groups in total. The van der Waals surface area contributed by atoms with Crippen molar-refractivity contribution in [2.45, 2.75) is 39.2 Å². The molecule has 1 aromatic carbocycles. The Morgan fingerprint density at radius 1 is 1.06 bits per heavy atom. The van der Waals surface area contributed by atoms with Crippen LogP contribution in [0.5, 0.6) is 0 Å². The van der Waals surface area contributed by atoms with Crippen LogP contribution in [0.4, 0.5) is 11.4 Å². The molecule has 1 aliphatic rings. The molecule has 1 aromatic rings. The number of rotatable bonds is 3. The SMILES string of the molecule is CC1CCC(Nc2ccc(N(C)C)cc2)C(C)C1. The summed E-state index contributed by atoms with van der Waals surface area (Å²) in [4.78, 5) is 2.13. The summed E-state index contributed by atoms with van der Waals surface area (Å²) in [6, 6.07) is 9.39. The van der Waals surface area contributed by atoms with Crippen molar-refractivity contribution in [3.8, 4) is 0 Å². The maximum absolute atomic E-state index is 3.70. The van der Waals surface area contributed by atoms with Crippen molar-refractivity contribution in [3.63, 3.8) is 0 Å². The van der Waals surface area contributed by atoms with Crippen LogP contribution in [0.1, 0.15) is 33.1 Å². The van der Waals surface area contributed by atoms with Crippen molar-refractivity contribution in [2.24, 2.45) is 11.8 Å². The van der Waals surface area contributed by atoms with Crippen molar-refractivity contribution in [2.75, 3.05) is 24.3 Å². The monoisotopic (exact) mass is 246 g/mol. The van der Waals surface area contributed by atoms with Crippen molar-refractivity contribution in [1.29, 1.82) is 0 Å². The molecule has 1 saturated carbocycles. The summed E-state index contributed by atoms with van der Waals surface area (Å²) < 4.78 is 0. The second-order valence-electron chi connectivity index (χ2n) is 6.09. The lowest BCUT2D eigenvalue weighted by molar-refractivity contribution is 0.276. The highest BCUT2D eigenvalue weighted by Crippen LogP contribution is 2.31. The first-order valence-electron chi connectivity index (χ1n) is 7.10. The van der Waals surface area contributed by atoms with Gasteiger partial charge in [-0.05, 0) is 55.4 Å². The van der Waals surface area contributed by atoms with Crippen LogP contribution in [-0.2, 0) is 0 Å². The molecule has 0 heterocycles. The minimum Gasteiger partial charge on any atom is -0.382 e. The maximum atomic E-state index is 3.70. The Hall–Kier alpha value is -1.18. The van der Waals surface area contributed by atoms with Crippen LogP contribution in [0.15, 0.2) is 24.3 Å². The minimum atomic E-state index is 0.645. The van der Waals surface area contributed by atoms with Gasteiger partial charge in [0.15, 0.2) is 0 Å². The van der Waals surface area contributed by atoms with Gasteiger partial charge >= 0.3 is 0 Å². The predicted molar refractivity (Wildman–Crippen MR) is 80.4 cm³/mol. The van der Waals surface area contributed by atoms with E-state index in [1.54, 1.807) is 0 Å². The third kappa shape index (κ3) is 3.18. The Balaban J connectivity index is 1.96. The fraction of sp³-hybridized carbons (Fsp3) is 0.625. The number of benzene rings is 1. The van der Waals surface area contributed by atoms with E-state index in [0.717, 1.165) is 11.8 Å². The molecule has 0 radical (unpaired) electrons. The standard InChI is InChI=1S/C16H26N2/c1-12-5-10-16(13(2)11-12)17-14-6-8-15(9-7-14)18(3)4/h6-9,12-13,16-17H,5,10-11H2,1-4H3. The molecule has 0 bridgehead atoms. The van der Waals surface area contributed by atoms with Crippen molar-refractivity contribution in [1.82, 2.24) is 0 Å². The van der Waals surface area contributed by atoms with E-state index in [1.807, 2.05) is 0 Å². The molecule has 3 atom stereocenters. The van der Waals surface area contributed by atoms with Gasteiger partial charge in [-0.15, -0.1) is 0 Å². The molecule has 1 fully saturated rings. The van der Waals surface area contributed by atoms with Gasteiger partial charge < -0.3 is 10.2 Å². The van der Waals surface area contributed by atoms with Crippen LogP contribution >= 0.6 is 0 Å². The summed E-state index contributed by atoms with van der Waals surface area (Å²) >= 11 is 0. The van der Waals surface area contributed by atoms with E-state index in [0.29, 0.717) is 6.04 Å². The second kappa shape index (κ2) is 5.64. The first-order valence-corrected chi connectivity index (χ1v) is 7.10. The summed E-state index contributed by atoms with van der Waals surface area (Å²) in [5, 5.41) is 3.70. The van der Waals surface area contributed by atoms with Gasteiger partial charge in [0.25, 0.3) is 0 Å². The lowest BCUT2D eigenvalue weighted by Gasteiger charge is -2.34. The number of hydrogen-bond donors (Lipinski definition) is 1. The van der Waals surface area contributed by atoms with Crippen molar-refractivity contribution < 1.29 is 0 Å². The summed E-state index contributed by atoms with van der Waals surface area (Å²) in [5.74, 6) is 1.68. The van der Waals surface area contributed by atoms with Gasteiger partial charge in [0.05, 0.1) is 0 Å². The highest BCUT2D eigenvalue weighted by molar-refractivity contribution is 5.54. The fourth-order valence-corrected chi connectivity index (χ4v) is 2.95. The summed E-state index contributed by atoms with van der Waals surface area (Å²) in [5.41, 5.74) is 2.51. The Kier molecular flexibility index (Phi) is 4.15. The number of anilines is 2. The Bertz CT molecular complexity index is 369. The van der Waals surface area contributed by atoms with Gasteiger partial charge in [0.2, 0.25) is 0 Å². The van der Waals surface area contributed by atoms with Crippen LogP contribution in [0, 0.1) is 11.8 Å². The lowest BCUT2D eigenvalue weighted by atomic mass is 9.80. The van der Waals surface area contributed by atoms with E-state index in [1.165, 1.54) is 30.6 Å². The summed E-state index contributed by atoms with van der Waals surface area (Å²) in [7, 11) is 4.15. The van der Waals surface area contributed by atoms with Crippen LogP contribution < -0.4 is 10.2 Å². The third-order valence-electron chi connectivity index (χ3n) is 4.17. The molecule has 2 heteroatoms. The molecular formula is C16H26N2. The van der Waals surface area contributed by atoms with Gasteiger partial charge in [0.1, 0.15) is 0 Å². The van der Waals surface area contributed by atoms with E-state index >= 15 is 0 Å². The van der Waals surface area contributed by atoms with Crippen LogP contribution in [0.3, 0.4) is 0 Å². The van der Waals surface area contributed by atoms with Gasteiger partial charge in [-0.2, -0.15) is 0 Å². The van der Waals surface area contributed by atoms with Crippen molar-refractivity contribution in [3.05, 3.63) is 24.3 Å². The number of nitrogens with zero attached hydrogens (tertiary/aromatic N) is 1. The van der Waals surface area contributed by atoms with E-state index in [9.17, 15) is 0 Å². The predicted octanol–water partition coefficient (Wildman–Crippen LogP) is 3.99. The fourth-order valence-electron chi connectivity index (χ4n) is 2.95. The average molecular weight is 246 g/mol. The molecule has 0 amide bonds. The van der Waals surface area contributed by atoms with E-state index in [4.69, 9.17) is 0 Å². The zero-order valence-electron chi connectivity index (χ0n) is 12.1. The smallest absolute Gasteiger partial charge is 0.0362 e. The maximum Gasteiger partial charge on any atom is 0.0362 e. The molecular weight excluding hydrogens is 220 g/mol. The van der Waals surface area contributed by atoms with Gasteiger partial charge in [-0.1, -0.05) is 13.8 Å². The number of hydrogen-bond acceptors (Lipinski definition) is 2. The largest absolute Gasteiger partial charge is 0.382 e. The van der Waals surface area contributed by atoms with E-state index in [-0.39, 0.29) is 0 Å². The Labute approximate surface area is 111 Å². The van der Waals surface area contributed by atoms with Crippen LogP contribution in [0.2, 0.25) is 0 Å². The minimum absolute atomic E-state index is 0.645. The van der Waals surface area contributed by atoms with E-state index < -0.39 is 0 Å². The van der Waals surface area contributed by atoms with Crippen molar-refractivity contribution >= 4 is 11.4 Å². The topological polar surface area (TPSA) is 15.3 Å². The van der Waals surface area contributed by atoms with Gasteiger partial charge in [-0.3, -0.25) is 0 Å². The molecule has 2 nitrogen and oxygen atoms in total. The first kappa shape index (κ1) is 13.3. The summed E-state index contributed by atoms with van der Waals surface area (Å²) in [6.07, 6.45) is 4.02. The highest BCUT2D eigenvalue weighted by atomic mass is 15.1. The molecule has 0 aromatic heterocycles. The van der Waals surface area contributed by atoms with Crippen LogP contribution in [0.25, 0.3) is 0 Å². The molecule has 1 aliphatic carbocycles. The van der Waals surface area contributed by atoms with E-state index in [2.05, 4.69) is 62.4 Å². The quantitative estimate of drug-likeness (QED) is 0.867. The zero-order valence-corrected chi connectivity index (χ0v) is 12.1. The molecule has 3 unspecified atom stereocenters. The first-order chi connectivity index (χ1) is 8.56. The Morgan fingerprint density at radius 2 is 1.72 bits per heavy atom. The average Bonchev–Trinajstić information content (AvgIpc) is 2.33.